The van der Waals surface area contributed by atoms with Gasteiger partial charge in [0, 0.05) is 19.5 Å². The van der Waals surface area contributed by atoms with Crippen molar-refractivity contribution in [3.63, 3.8) is 0 Å². The van der Waals surface area contributed by atoms with Crippen molar-refractivity contribution in [3.8, 4) is 6.07 Å². The van der Waals surface area contributed by atoms with E-state index < -0.39 is 23.9 Å². The largest absolute Gasteiger partial charge is 0.480 e. The van der Waals surface area contributed by atoms with Crippen LogP contribution in [-0.4, -0.2) is 47.0 Å². The van der Waals surface area contributed by atoms with Crippen LogP contribution in [0.25, 0.3) is 0 Å². The number of nitrogens with zero attached hydrogens (tertiary/aromatic N) is 2. The molecule has 0 fully saturated rings. The monoisotopic (exact) mass is 270 g/mol. The molecule has 0 aromatic carbocycles. The van der Waals surface area contributed by atoms with Crippen LogP contribution in [-0.2, 0) is 9.59 Å². The molecule has 0 saturated carbocycles. The summed E-state index contributed by atoms with van der Waals surface area (Å²) in [5, 5.41) is 19.7. The van der Waals surface area contributed by atoms with E-state index >= 15 is 0 Å². The molecular weight excluding hydrogens is 252 g/mol. The fourth-order valence-corrected chi connectivity index (χ4v) is 1.26. The Kier molecular flexibility index (Phi) is 6.96. The number of carbonyl (C=O) groups excluding carboxylic acids is 2. The fourth-order valence-electron chi connectivity index (χ4n) is 1.26. The zero-order chi connectivity index (χ0) is 15.0. The highest BCUT2D eigenvalue weighted by atomic mass is 16.4. The van der Waals surface area contributed by atoms with Crippen molar-refractivity contribution >= 4 is 17.9 Å². The van der Waals surface area contributed by atoms with E-state index in [9.17, 15) is 14.4 Å². The van der Waals surface area contributed by atoms with E-state index in [0.29, 0.717) is 0 Å². The number of primary amides is 1. The summed E-state index contributed by atoms with van der Waals surface area (Å²) < 4.78 is 0. The molecular formula is C11H18N4O4. The van der Waals surface area contributed by atoms with Gasteiger partial charge in [-0.3, -0.25) is 4.79 Å². The Hall–Kier alpha value is -2.30. The summed E-state index contributed by atoms with van der Waals surface area (Å²) in [6.45, 7) is 1.67. The highest BCUT2D eigenvalue weighted by molar-refractivity contribution is 5.83. The molecule has 0 aromatic rings. The van der Waals surface area contributed by atoms with E-state index in [1.807, 2.05) is 6.07 Å². The van der Waals surface area contributed by atoms with E-state index in [0.717, 1.165) is 0 Å². The maximum atomic E-state index is 11.7. The van der Waals surface area contributed by atoms with Gasteiger partial charge in [-0.05, 0) is 13.3 Å². The lowest BCUT2D eigenvalue weighted by atomic mass is 10.1. The van der Waals surface area contributed by atoms with Crippen molar-refractivity contribution in [2.24, 2.45) is 5.73 Å². The molecule has 0 saturated heterocycles. The molecule has 4 N–H and O–H groups in total. The number of nitrogens with two attached hydrogens (primary N) is 1. The molecule has 0 aliphatic heterocycles. The van der Waals surface area contributed by atoms with Gasteiger partial charge in [0.25, 0.3) is 0 Å². The number of carboxylic acids is 1. The average Bonchev–Trinajstić information content (AvgIpc) is 2.32. The highest BCUT2D eigenvalue weighted by Gasteiger charge is 2.23. The minimum Gasteiger partial charge on any atom is -0.480 e. The number of nitriles is 1. The average molecular weight is 270 g/mol. The van der Waals surface area contributed by atoms with E-state index in [2.05, 4.69) is 5.32 Å². The first-order valence-electron chi connectivity index (χ1n) is 5.71. The van der Waals surface area contributed by atoms with E-state index in [-0.39, 0.29) is 25.3 Å². The normalized spacial score (nSPS) is 12.9. The zero-order valence-corrected chi connectivity index (χ0v) is 10.9. The number of amides is 3. The number of hydrogen-bond acceptors (Lipinski definition) is 4. The lowest BCUT2D eigenvalue weighted by Gasteiger charge is -2.25. The first-order valence-corrected chi connectivity index (χ1v) is 5.71. The van der Waals surface area contributed by atoms with Crippen LogP contribution in [0.2, 0.25) is 0 Å². The number of nitrogens with one attached hydrogen (secondary N) is 1. The molecule has 8 heteroatoms. The summed E-state index contributed by atoms with van der Waals surface area (Å²) in [7, 11) is 1.46. The van der Waals surface area contributed by atoms with Gasteiger partial charge in [-0.15, -0.1) is 0 Å². The molecule has 8 nitrogen and oxygen atoms in total. The number of rotatable bonds is 7. The molecule has 0 rings (SSSR count). The second-order valence-corrected chi connectivity index (χ2v) is 4.17. The Morgan fingerprint density at radius 3 is 2.47 bits per heavy atom. The summed E-state index contributed by atoms with van der Waals surface area (Å²) in [4.78, 5) is 34.5. The molecule has 0 spiro atoms. The molecule has 0 heterocycles. The third-order valence-electron chi connectivity index (χ3n) is 2.64. The van der Waals surface area contributed by atoms with Gasteiger partial charge in [-0.1, -0.05) is 0 Å². The Morgan fingerprint density at radius 2 is 2.05 bits per heavy atom. The second kappa shape index (κ2) is 7.92. The quantitative estimate of drug-likeness (QED) is 0.580. The summed E-state index contributed by atoms with van der Waals surface area (Å²) >= 11 is 0. The van der Waals surface area contributed by atoms with Crippen LogP contribution in [0.4, 0.5) is 4.79 Å². The Bertz CT molecular complexity index is 391. The van der Waals surface area contributed by atoms with Gasteiger partial charge < -0.3 is 21.1 Å². The Balaban J connectivity index is 4.50. The lowest BCUT2D eigenvalue weighted by molar-refractivity contribution is -0.139. The third-order valence-corrected chi connectivity index (χ3v) is 2.64. The van der Waals surface area contributed by atoms with Crippen molar-refractivity contribution < 1.29 is 19.5 Å². The molecule has 1 unspecified atom stereocenters. The van der Waals surface area contributed by atoms with Crippen LogP contribution < -0.4 is 11.1 Å². The number of aliphatic carboxylic acids is 1. The maximum Gasteiger partial charge on any atom is 0.326 e. The first kappa shape index (κ1) is 16.7. The van der Waals surface area contributed by atoms with Crippen LogP contribution in [0.5, 0.6) is 0 Å². The SMILES string of the molecule is CC(CC#N)N(C)C(=O)N[C@H](CCC(N)=O)C(=O)O. The van der Waals surface area contributed by atoms with Crippen LogP contribution in [0.3, 0.4) is 0 Å². The van der Waals surface area contributed by atoms with E-state index in [1.54, 1.807) is 6.92 Å². The molecule has 19 heavy (non-hydrogen) atoms. The molecule has 0 radical (unpaired) electrons. The van der Waals surface area contributed by atoms with Gasteiger partial charge in [-0.2, -0.15) is 5.26 Å². The van der Waals surface area contributed by atoms with Crippen LogP contribution in [0.1, 0.15) is 26.2 Å². The molecule has 0 aliphatic carbocycles. The summed E-state index contributed by atoms with van der Waals surface area (Å²) in [5.41, 5.74) is 4.93. The summed E-state index contributed by atoms with van der Waals surface area (Å²) in [6, 6.07) is -0.212. The minimum absolute atomic E-state index is 0.0725. The highest BCUT2D eigenvalue weighted by Crippen LogP contribution is 2.03. The minimum atomic E-state index is -1.24. The van der Waals surface area contributed by atoms with Gasteiger partial charge in [0.05, 0.1) is 12.5 Å². The van der Waals surface area contributed by atoms with Gasteiger partial charge in [0.2, 0.25) is 5.91 Å². The van der Waals surface area contributed by atoms with Gasteiger partial charge in [0.15, 0.2) is 0 Å². The Morgan fingerprint density at radius 1 is 1.47 bits per heavy atom. The van der Waals surface area contributed by atoms with Gasteiger partial charge in [0.1, 0.15) is 6.04 Å². The number of hydrogen-bond donors (Lipinski definition) is 3. The Labute approximate surface area is 111 Å². The van der Waals surface area contributed by atoms with Gasteiger partial charge >= 0.3 is 12.0 Å². The van der Waals surface area contributed by atoms with Crippen molar-refractivity contribution in [3.05, 3.63) is 0 Å². The number of urea groups is 1. The molecule has 2 atom stereocenters. The standard InChI is InChI=1S/C11H18N4O4/c1-7(5-6-12)15(2)11(19)14-8(10(17)18)3-4-9(13)16/h7-8H,3-5H2,1-2H3,(H2,13,16)(H,14,19)(H,17,18)/t7?,8-/m1/s1. The third kappa shape index (κ3) is 6.26. The molecule has 3 amide bonds. The molecule has 106 valence electrons. The number of carboxylic acid groups (broad SMARTS) is 1. The van der Waals surface area contributed by atoms with Crippen molar-refractivity contribution in [2.45, 2.75) is 38.3 Å². The summed E-state index contributed by atoms with van der Waals surface area (Å²) in [5.74, 6) is -1.87. The maximum absolute atomic E-state index is 11.7. The van der Waals surface area contributed by atoms with Crippen molar-refractivity contribution in [2.75, 3.05) is 7.05 Å². The van der Waals surface area contributed by atoms with Crippen molar-refractivity contribution in [1.29, 1.82) is 5.26 Å². The van der Waals surface area contributed by atoms with Gasteiger partial charge in [-0.25, -0.2) is 9.59 Å². The fraction of sp³-hybridized carbons (Fsp3) is 0.636. The van der Waals surface area contributed by atoms with Crippen molar-refractivity contribution in [1.82, 2.24) is 10.2 Å². The molecule has 0 aromatic heterocycles. The van der Waals surface area contributed by atoms with Crippen LogP contribution >= 0.6 is 0 Å². The number of carbonyl (C=O) groups is 3. The first-order chi connectivity index (χ1) is 8.79. The summed E-state index contributed by atoms with van der Waals surface area (Å²) in [6.07, 6.45) is -0.0610. The molecule has 0 bridgehead atoms. The van der Waals surface area contributed by atoms with E-state index in [1.165, 1.54) is 11.9 Å². The zero-order valence-electron chi connectivity index (χ0n) is 10.9. The smallest absolute Gasteiger partial charge is 0.326 e. The predicted molar refractivity (Wildman–Crippen MR) is 65.8 cm³/mol. The van der Waals surface area contributed by atoms with Crippen LogP contribution in [0, 0.1) is 11.3 Å². The van der Waals surface area contributed by atoms with Crippen LogP contribution in [0.15, 0.2) is 0 Å². The topological polar surface area (TPSA) is 137 Å². The predicted octanol–water partition coefficient (Wildman–Crippen LogP) is -0.351. The van der Waals surface area contributed by atoms with E-state index in [4.69, 9.17) is 16.1 Å². The second-order valence-electron chi connectivity index (χ2n) is 4.17. The molecule has 0 aliphatic rings. The lowest BCUT2D eigenvalue weighted by Crippen LogP contribution is -2.49.